The standard InChI is InChI=1S/C33H35N3O4/c37-21-25-13-18-31-30(20-25)34-32(36(31)27-10-5-2-6-11-27)26-14-16-29(17-15-26)39-23-28-12-7-19-35(28)33(38)40-22-24-8-3-1-4-9-24/h1,3-4,8-9,13-18,20-21,27-28H,2,5-7,10-12,19,22-23H2/t28-/m0/s1. The summed E-state index contributed by atoms with van der Waals surface area (Å²) in [6.07, 6.45) is 8.43. The number of nitrogens with zero attached hydrogens (tertiary/aromatic N) is 3. The molecule has 1 aliphatic carbocycles. The van der Waals surface area contributed by atoms with E-state index in [0.717, 1.165) is 65.7 Å². The molecule has 0 unspecified atom stereocenters. The molecule has 0 bridgehead atoms. The Bertz CT molecular complexity index is 1460. The molecule has 2 aliphatic rings. The zero-order chi connectivity index (χ0) is 27.3. The van der Waals surface area contributed by atoms with Gasteiger partial charge in [-0.25, -0.2) is 9.78 Å². The van der Waals surface area contributed by atoms with Gasteiger partial charge < -0.3 is 18.9 Å². The minimum atomic E-state index is -0.287. The first-order valence-electron chi connectivity index (χ1n) is 14.4. The second-order valence-electron chi connectivity index (χ2n) is 10.8. The number of carbonyl (C=O) groups excluding carboxylic acids is 2. The van der Waals surface area contributed by atoms with Crippen LogP contribution in [0.2, 0.25) is 0 Å². The zero-order valence-electron chi connectivity index (χ0n) is 22.7. The highest BCUT2D eigenvalue weighted by atomic mass is 16.6. The molecule has 2 fully saturated rings. The average Bonchev–Trinajstić information content (AvgIpc) is 3.64. The number of likely N-dealkylation sites (tertiary alicyclic amines) is 1. The quantitative estimate of drug-likeness (QED) is 0.222. The maximum atomic E-state index is 12.7. The van der Waals surface area contributed by atoms with Crippen molar-refractivity contribution in [2.45, 2.75) is 63.6 Å². The SMILES string of the molecule is O=Cc1ccc2c(c1)nc(-c1ccc(OC[C@@H]3CCCN3C(=O)OCc3ccccc3)cc1)n2C1CCCCC1. The molecule has 1 amide bonds. The maximum absolute atomic E-state index is 12.7. The van der Waals surface area contributed by atoms with E-state index in [-0.39, 0.29) is 18.7 Å². The molecule has 0 spiro atoms. The number of aldehydes is 1. The van der Waals surface area contributed by atoms with Crippen molar-refractivity contribution in [1.82, 2.24) is 14.5 Å². The Morgan fingerprint density at radius 1 is 0.925 bits per heavy atom. The van der Waals surface area contributed by atoms with Gasteiger partial charge in [-0.1, -0.05) is 49.6 Å². The molecule has 206 valence electrons. The van der Waals surface area contributed by atoms with Gasteiger partial charge in [-0.15, -0.1) is 0 Å². The molecule has 7 heteroatoms. The van der Waals surface area contributed by atoms with Gasteiger partial charge in [-0.2, -0.15) is 0 Å². The lowest BCUT2D eigenvalue weighted by Gasteiger charge is -2.26. The minimum Gasteiger partial charge on any atom is -0.491 e. The first kappa shape index (κ1) is 26.1. The second-order valence-corrected chi connectivity index (χ2v) is 10.8. The van der Waals surface area contributed by atoms with Crippen molar-refractivity contribution in [3.63, 3.8) is 0 Å². The maximum Gasteiger partial charge on any atom is 0.410 e. The van der Waals surface area contributed by atoms with Crippen molar-refractivity contribution in [3.8, 4) is 17.1 Å². The Morgan fingerprint density at radius 2 is 1.73 bits per heavy atom. The van der Waals surface area contributed by atoms with Gasteiger partial charge in [0.25, 0.3) is 0 Å². The summed E-state index contributed by atoms with van der Waals surface area (Å²) in [5.74, 6) is 1.69. The summed E-state index contributed by atoms with van der Waals surface area (Å²) >= 11 is 0. The molecular weight excluding hydrogens is 502 g/mol. The summed E-state index contributed by atoms with van der Waals surface area (Å²) in [5, 5.41) is 0. The van der Waals surface area contributed by atoms with E-state index in [1.54, 1.807) is 4.90 Å². The highest BCUT2D eigenvalue weighted by Gasteiger charge is 2.30. The van der Waals surface area contributed by atoms with Gasteiger partial charge in [0.15, 0.2) is 0 Å². The van der Waals surface area contributed by atoms with Crippen molar-refractivity contribution < 1.29 is 19.1 Å². The van der Waals surface area contributed by atoms with Crippen LogP contribution in [0.3, 0.4) is 0 Å². The van der Waals surface area contributed by atoms with Gasteiger partial charge >= 0.3 is 6.09 Å². The van der Waals surface area contributed by atoms with Crippen molar-refractivity contribution >= 4 is 23.4 Å². The van der Waals surface area contributed by atoms with Crippen LogP contribution in [0.25, 0.3) is 22.4 Å². The Labute approximate surface area is 234 Å². The fourth-order valence-corrected chi connectivity index (χ4v) is 6.05. The minimum absolute atomic E-state index is 0.00883. The van der Waals surface area contributed by atoms with E-state index in [1.165, 1.54) is 19.3 Å². The van der Waals surface area contributed by atoms with Gasteiger partial charge in [-0.05, 0) is 73.7 Å². The second kappa shape index (κ2) is 11.9. The van der Waals surface area contributed by atoms with Crippen molar-refractivity contribution in [2.24, 2.45) is 0 Å². The van der Waals surface area contributed by atoms with E-state index in [9.17, 15) is 9.59 Å². The van der Waals surface area contributed by atoms with Gasteiger partial charge in [-0.3, -0.25) is 4.79 Å². The first-order chi connectivity index (χ1) is 19.7. The molecule has 40 heavy (non-hydrogen) atoms. The number of hydrogen-bond acceptors (Lipinski definition) is 5. The fraction of sp³-hybridized carbons (Fsp3) is 0.364. The molecule has 0 N–H and O–H groups in total. The smallest absolute Gasteiger partial charge is 0.410 e. The summed E-state index contributed by atoms with van der Waals surface area (Å²) in [6.45, 7) is 1.38. The Hall–Kier alpha value is -4.13. The number of benzene rings is 3. The van der Waals surface area contributed by atoms with Crippen LogP contribution >= 0.6 is 0 Å². The highest BCUT2D eigenvalue weighted by molar-refractivity contribution is 5.87. The van der Waals surface area contributed by atoms with Gasteiger partial charge in [0.05, 0.1) is 17.1 Å². The topological polar surface area (TPSA) is 73.7 Å². The molecular formula is C33H35N3O4. The summed E-state index contributed by atoms with van der Waals surface area (Å²) in [4.78, 5) is 30.9. The number of fused-ring (bicyclic) bond motifs is 1. The van der Waals surface area contributed by atoms with E-state index in [0.29, 0.717) is 24.8 Å². The predicted octanol–water partition coefficient (Wildman–Crippen LogP) is 7.20. The van der Waals surface area contributed by atoms with Gasteiger partial charge in [0.1, 0.15) is 31.1 Å². The lowest BCUT2D eigenvalue weighted by molar-refractivity contribution is 0.0824. The molecule has 3 aromatic carbocycles. The number of rotatable bonds is 8. The highest BCUT2D eigenvalue weighted by Crippen LogP contribution is 2.36. The van der Waals surface area contributed by atoms with Crippen LogP contribution in [-0.2, 0) is 11.3 Å². The number of amides is 1. The Kier molecular flexibility index (Phi) is 7.80. The zero-order valence-corrected chi connectivity index (χ0v) is 22.7. The van der Waals surface area contributed by atoms with Gasteiger partial charge in [0.2, 0.25) is 0 Å². The summed E-state index contributed by atoms with van der Waals surface area (Å²) < 4.78 is 14.1. The average molecular weight is 538 g/mol. The lowest BCUT2D eigenvalue weighted by atomic mass is 9.95. The molecule has 0 radical (unpaired) electrons. The molecule has 1 aliphatic heterocycles. The summed E-state index contributed by atoms with van der Waals surface area (Å²) in [7, 11) is 0. The van der Waals surface area contributed by atoms with E-state index < -0.39 is 0 Å². The number of ether oxygens (including phenoxy) is 2. The molecule has 1 saturated heterocycles. The van der Waals surface area contributed by atoms with Crippen LogP contribution < -0.4 is 4.74 Å². The van der Waals surface area contributed by atoms with Crippen molar-refractivity contribution in [3.05, 3.63) is 83.9 Å². The third kappa shape index (κ3) is 5.60. The van der Waals surface area contributed by atoms with E-state index in [1.807, 2.05) is 60.7 Å². The van der Waals surface area contributed by atoms with Gasteiger partial charge in [0, 0.05) is 23.7 Å². The lowest BCUT2D eigenvalue weighted by Crippen LogP contribution is -2.39. The molecule has 1 atom stereocenters. The molecule has 2 heterocycles. The van der Waals surface area contributed by atoms with Crippen LogP contribution in [0.4, 0.5) is 4.79 Å². The van der Waals surface area contributed by atoms with Crippen LogP contribution in [0.1, 0.15) is 66.9 Å². The normalized spacial score (nSPS) is 17.7. The Balaban J connectivity index is 1.14. The summed E-state index contributed by atoms with van der Waals surface area (Å²) in [6, 6.07) is 24.0. The van der Waals surface area contributed by atoms with Crippen molar-refractivity contribution in [1.29, 1.82) is 0 Å². The number of imidazole rings is 1. The Morgan fingerprint density at radius 3 is 2.50 bits per heavy atom. The van der Waals surface area contributed by atoms with Crippen molar-refractivity contribution in [2.75, 3.05) is 13.2 Å². The van der Waals surface area contributed by atoms with Crippen LogP contribution in [0.15, 0.2) is 72.8 Å². The number of carbonyl (C=O) groups is 2. The largest absolute Gasteiger partial charge is 0.491 e. The third-order valence-electron chi connectivity index (χ3n) is 8.16. The summed E-state index contributed by atoms with van der Waals surface area (Å²) in [5.41, 5.74) is 4.57. The van der Waals surface area contributed by atoms with E-state index >= 15 is 0 Å². The molecule has 1 aromatic heterocycles. The molecule has 7 nitrogen and oxygen atoms in total. The van der Waals surface area contributed by atoms with E-state index in [4.69, 9.17) is 14.5 Å². The number of aromatic nitrogens is 2. The molecule has 6 rings (SSSR count). The number of hydrogen-bond donors (Lipinski definition) is 0. The first-order valence-corrected chi connectivity index (χ1v) is 14.4. The predicted molar refractivity (Wildman–Crippen MR) is 155 cm³/mol. The fourth-order valence-electron chi connectivity index (χ4n) is 6.05. The van der Waals surface area contributed by atoms with E-state index in [2.05, 4.69) is 16.7 Å². The van der Waals surface area contributed by atoms with Crippen LogP contribution in [-0.4, -0.2) is 46.0 Å². The van der Waals surface area contributed by atoms with Crippen LogP contribution in [0, 0.1) is 0 Å². The van der Waals surface area contributed by atoms with Crippen LogP contribution in [0.5, 0.6) is 5.75 Å². The molecule has 1 saturated carbocycles. The third-order valence-corrected chi connectivity index (χ3v) is 8.16. The molecule has 4 aromatic rings. The monoisotopic (exact) mass is 537 g/mol.